The fourth-order valence-electron chi connectivity index (χ4n) is 3.91. The van der Waals surface area contributed by atoms with Crippen LogP contribution >= 0.6 is 0 Å². The molecule has 2 aliphatic heterocycles. The van der Waals surface area contributed by atoms with Crippen molar-refractivity contribution in [2.75, 3.05) is 20.4 Å². The van der Waals surface area contributed by atoms with Crippen molar-refractivity contribution < 1.29 is 14.2 Å². The van der Waals surface area contributed by atoms with Crippen molar-refractivity contribution in [3.05, 3.63) is 35.4 Å². The van der Waals surface area contributed by atoms with Crippen LogP contribution in [0, 0.1) is 5.41 Å². The van der Waals surface area contributed by atoms with E-state index in [1.165, 1.54) is 17.0 Å². The van der Waals surface area contributed by atoms with Gasteiger partial charge in [0.2, 0.25) is 12.5 Å². The standard InChI is InChI=1S/C20H27N3O3/c1-20(2,3)9-15-18-14(21-11-22-18)5-6-23(15)10-13-7-16(24-4)19-17(8-13)25-12-26-19/h7-8,11,15H,5-6,9-10,12H2,1-4H3,(H,21,22)/t15-/m0/s1. The Hall–Kier alpha value is -2.21. The summed E-state index contributed by atoms with van der Waals surface area (Å²) in [6.07, 6.45) is 3.89. The molecule has 0 fully saturated rings. The number of imidazole rings is 1. The van der Waals surface area contributed by atoms with Gasteiger partial charge in [0.25, 0.3) is 0 Å². The number of rotatable bonds is 4. The fraction of sp³-hybridized carbons (Fsp3) is 0.550. The molecule has 140 valence electrons. The number of hydrogen-bond acceptors (Lipinski definition) is 5. The first-order valence-electron chi connectivity index (χ1n) is 9.17. The molecule has 0 radical (unpaired) electrons. The van der Waals surface area contributed by atoms with Gasteiger partial charge in [-0.25, -0.2) is 4.98 Å². The molecule has 2 aliphatic rings. The summed E-state index contributed by atoms with van der Waals surface area (Å²) in [5, 5.41) is 0. The van der Waals surface area contributed by atoms with E-state index in [4.69, 9.17) is 14.2 Å². The lowest BCUT2D eigenvalue weighted by atomic mass is 9.84. The average Bonchev–Trinajstić information content (AvgIpc) is 3.23. The molecular weight excluding hydrogens is 330 g/mol. The number of aromatic amines is 1. The zero-order valence-corrected chi connectivity index (χ0v) is 16.0. The monoisotopic (exact) mass is 357 g/mol. The average molecular weight is 357 g/mol. The summed E-state index contributed by atoms with van der Waals surface area (Å²) >= 11 is 0. The van der Waals surface area contributed by atoms with E-state index in [1.54, 1.807) is 7.11 Å². The quantitative estimate of drug-likeness (QED) is 0.904. The molecule has 0 saturated carbocycles. The third-order valence-corrected chi connectivity index (χ3v) is 5.07. The van der Waals surface area contributed by atoms with Crippen LogP contribution in [0.3, 0.4) is 0 Å². The SMILES string of the molecule is COc1cc(CN2CCc3[nH]cnc3[C@@H]2CC(C)(C)C)cc2c1OCO2. The van der Waals surface area contributed by atoms with Crippen LogP contribution in [0.1, 0.15) is 50.2 Å². The molecule has 0 unspecified atom stereocenters. The topological polar surface area (TPSA) is 59.6 Å². The summed E-state index contributed by atoms with van der Waals surface area (Å²) in [6, 6.07) is 4.43. The molecule has 0 bridgehead atoms. The third kappa shape index (κ3) is 3.26. The molecule has 1 N–H and O–H groups in total. The minimum atomic E-state index is 0.225. The summed E-state index contributed by atoms with van der Waals surface area (Å²) < 4.78 is 16.6. The van der Waals surface area contributed by atoms with Crippen LogP contribution in [-0.4, -0.2) is 35.3 Å². The van der Waals surface area contributed by atoms with Gasteiger partial charge in [-0.05, 0) is 29.5 Å². The number of fused-ring (bicyclic) bond motifs is 2. The van der Waals surface area contributed by atoms with Crippen molar-refractivity contribution in [3.8, 4) is 17.2 Å². The van der Waals surface area contributed by atoms with Crippen molar-refractivity contribution >= 4 is 0 Å². The van der Waals surface area contributed by atoms with Gasteiger partial charge >= 0.3 is 0 Å². The van der Waals surface area contributed by atoms with Crippen molar-refractivity contribution in [2.45, 2.75) is 46.2 Å². The number of nitrogens with one attached hydrogen (secondary N) is 1. The highest BCUT2D eigenvalue weighted by molar-refractivity contribution is 5.55. The van der Waals surface area contributed by atoms with Crippen LogP contribution in [0.2, 0.25) is 0 Å². The number of nitrogens with zero attached hydrogens (tertiary/aromatic N) is 2. The van der Waals surface area contributed by atoms with Crippen molar-refractivity contribution in [3.63, 3.8) is 0 Å². The van der Waals surface area contributed by atoms with E-state index in [0.717, 1.165) is 37.4 Å². The van der Waals surface area contributed by atoms with E-state index in [2.05, 4.69) is 47.8 Å². The van der Waals surface area contributed by atoms with Gasteiger partial charge < -0.3 is 19.2 Å². The van der Waals surface area contributed by atoms with Gasteiger partial charge in [-0.2, -0.15) is 0 Å². The number of aromatic nitrogens is 2. The molecule has 0 aliphatic carbocycles. The number of methoxy groups -OCH3 is 1. The Balaban J connectivity index is 1.62. The lowest BCUT2D eigenvalue weighted by Gasteiger charge is -2.38. The minimum absolute atomic E-state index is 0.225. The zero-order valence-electron chi connectivity index (χ0n) is 16.0. The predicted molar refractivity (Wildman–Crippen MR) is 98.6 cm³/mol. The summed E-state index contributed by atoms with van der Waals surface area (Å²) in [4.78, 5) is 10.5. The maximum Gasteiger partial charge on any atom is 0.231 e. The summed E-state index contributed by atoms with van der Waals surface area (Å²) in [5.41, 5.74) is 3.87. The first-order chi connectivity index (χ1) is 12.4. The molecule has 0 spiro atoms. The number of H-pyrrole nitrogens is 1. The van der Waals surface area contributed by atoms with Crippen molar-refractivity contribution in [1.29, 1.82) is 0 Å². The van der Waals surface area contributed by atoms with Crippen molar-refractivity contribution in [2.24, 2.45) is 5.41 Å². The molecule has 3 heterocycles. The van der Waals surface area contributed by atoms with Gasteiger partial charge in [-0.3, -0.25) is 4.90 Å². The number of benzene rings is 1. The first kappa shape index (κ1) is 17.2. The van der Waals surface area contributed by atoms with E-state index in [1.807, 2.05) is 6.33 Å². The number of hydrogen-bond donors (Lipinski definition) is 1. The second kappa shape index (κ2) is 6.50. The molecule has 4 rings (SSSR count). The van der Waals surface area contributed by atoms with Crippen molar-refractivity contribution in [1.82, 2.24) is 14.9 Å². The molecule has 2 aromatic rings. The lowest BCUT2D eigenvalue weighted by Crippen LogP contribution is -2.37. The van der Waals surface area contributed by atoms with Crippen LogP contribution in [-0.2, 0) is 13.0 Å². The van der Waals surface area contributed by atoms with Gasteiger partial charge in [0.15, 0.2) is 11.5 Å². The molecule has 0 saturated heterocycles. The molecule has 1 aromatic carbocycles. The van der Waals surface area contributed by atoms with Crippen LogP contribution in [0.4, 0.5) is 0 Å². The lowest BCUT2D eigenvalue weighted by molar-refractivity contribution is 0.127. The van der Waals surface area contributed by atoms with E-state index in [9.17, 15) is 0 Å². The van der Waals surface area contributed by atoms with Gasteiger partial charge in [0.05, 0.1) is 25.2 Å². The van der Waals surface area contributed by atoms with E-state index < -0.39 is 0 Å². The molecule has 6 heteroatoms. The van der Waals surface area contributed by atoms with Crippen LogP contribution in [0.15, 0.2) is 18.5 Å². The maximum absolute atomic E-state index is 5.58. The van der Waals surface area contributed by atoms with E-state index in [-0.39, 0.29) is 12.2 Å². The largest absolute Gasteiger partial charge is 0.493 e. The maximum atomic E-state index is 5.58. The van der Waals surface area contributed by atoms with Crippen LogP contribution in [0.25, 0.3) is 0 Å². The van der Waals surface area contributed by atoms with Crippen LogP contribution in [0.5, 0.6) is 17.2 Å². The Morgan fingerprint density at radius 1 is 1.31 bits per heavy atom. The Labute approximate surface area is 154 Å². The Morgan fingerprint density at radius 2 is 2.15 bits per heavy atom. The Kier molecular flexibility index (Phi) is 4.31. The van der Waals surface area contributed by atoms with Gasteiger partial charge in [-0.15, -0.1) is 0 Å². The second-order valence-electron chi connectivity index (χ2n) is 8.30. The van der Waals surface area contributed by atoms with Gasteiger partial charge in [0.1, 0.15) is 0 Å². The summed E-state index contributed by atoms with van der Waals surface area (Å²) in [7, 11) is 1.67. The molecule has 1 aromatic heterocycles. The van der Waals surface area contributed by atoms with Crippen LogP contribution < -0.4 is 14.2 Å². The summed E-state index contributed by atoms with van der Waals surface area (Å²) in [5.74, 6) is 2.21. The molecule has 0 amide bonds. The van der Waals surface area contributed by atoms with E-state index in [0.29, 0.717) is 11.8 Å². The minimum Gasteiger partial charge on any atom is -0.493 e. The highest BCUT2D eigenvalue weighted by Gasteiger charge is 2.33. The smallest absolute Gasteiger partial charge is 0.231 e. The fourth-order valence-corrected chi connectivity index (χ4v) is 3.91. The van der Waals surface area contributed by atoms with Gasteiger partial charge in [0, 0.05) is 25.2 Å². The first-order valence-corrected chi connectivity index (χ1v) is 9.17. The zero-order chi connectivity index (χ0) is 18.3. The Morgan fingerprint density at radius 3 is 2.92 bits per heavy atom. The third-order valence-electron chi connectivity index (χ3n) is 5.07. The van der Waals surface area contributed by atoms with E-state index >= 15 is 0 Å². The molecule has 26 heavy (non-hydrogen) atoms. The highest BCUT2D eigenvalue weighted by Crippen LogP contribution is 2.43. The van der Waals surface area contributed by atoms with Gasteiger partial charge in [-0.1, -0.05) is 20.8 Å². The molecular formula is C20H27N3O3. The second-order valence-corrected chi connectivity index (χ2v) is 8.30. The highest BCUT2D eigenvalue weighted by atomic mass is 16.7. The predicted octanol–water partition coefficient (Wildman–Crippen LogP) is 3.68. The molecule has 6 nitrogen and oxygen atoms in total. The Bertz CT molecular complexity index is 794. The normalized spacial score (nSPS) is 19.5. The molecule has 1 atom stereocenters. The summed E-state index contributed by atoms with van der Waals surface area (Å²) in [6.45, 7) is 8.95. The number of ether oxygens (including phenoxy) is 3.